The smallest absolute Gasteiger partial charge is 0.337 e. The highest BCUT2D eigenvalue weighted by atomic mass is 16.4. The zero-order valence-corrected chi connectivity index (χ0v) is 12.3. The van der Waals surface area contributed by atoms with Crippen LogP contribution in [0.15, 0.2) is 18.2 Å². The molecule has 2 fully saturated rings. The van der Waals surface area contributed by atoms with Gasteiger partial charge in [-0.15, -0.1) is 0 Å². The number of aromatic carboxylic acids is 1. The highest BCUT2D eigenvalue weighted by Gasteiger charge is 2.27. The van der Waals surface area contributed by atoms with Crippen LogP contribution in [0.1, 0.15) is 36.0 Å². The molecular weight excluding hydrogens is 266 g/mol. The van der Waals surface area contributed by atoms with Crippen LogP contribution in [0.3, 0.4) is 0 Å². The maximum absolute atomic E-state index is 11.4. The van der Waals surface area contributed by atoms with Crippen molar-refractivity contribution >= 4 is 17.3 Å². The van der Waals surface area contributed by atoms with Crippen molar-refractivity contribution in [1.82, 2.24) is 4.90 Å². The maximum Gasteiger partial charge on any atom is 0.337 e. The van der Waals surface area contributed by atoms with Crippen molar-refractivity contribution in [3.05, 3.63) is 23.8 Å². The third kappa shape index (κ3) is 2.97. The summed E-state index contributed by atoms with van der Waals surface area (Å²) in [5, 5.41) is 9.33. The lowest BCUT2D eigenvalue weighted by Crippen LogP contribution is -2.50. The Hall–Kier alpha value is -1.75. The second-order valence-electron chi connectivity index (χ2n) is 6.04. The number of nitrogens with zero attached hydrogens (tertiary/aromatic N) is 2. The molecule has 0 bridgehead atoms. The van der Waals surface area contributed by atoms with E-state index in [1.807, 2.05) is 0 Å². The molecule has 1 saturated carbocycles. The second-order valence-corrected chi connectivity index (χ2v) is 6.04. The molecule has 3 N–H and O–H groups in total. The first kappa shape index (κ1) is 14.2. The highest BCUT2D eigenvalue weighted by molar-refractivity contribution is 5.95. The summed E-state index contributed by atoms with van der Waals surface area (Å²) in [5.74, 6) is -0.886. The zero-order chi connectivity index (χ0) is 14.8. The Morgan fingerprint density at radius 3 is 2.43 bits per heavy atom. The third-order valence-electron chi connectivity index (χ3n) is 4.75. The number of hydrogen-bond donors (Lipinski definition) is 2. The van der Waals surface area contributed by atoms with E-state index >= 15 is 0 Å². The van der Waals surface area contributed by atoms with E-state index in [2.05, 4.69) is 9.80 Å². The molecule has 1 aliphatic carbocycles. The molecule has 5 heteroatoms. The molecule has 21 heavy (non-hydrogen) atoms. The summed E-state index contributed by atoms with van der Waals surface area (Å²) in [4.78, 5) is 16.1. The van der Waals surface area contributed by atoms with Crippen molar-refractivity contribution in [2.75, 3.05) is 36.8 Å². The van der Waals surface area contributed by atoms with Gasteiger partial charge in [-0.2, -0.15) is 0 Å². The second kappa shape index (κ2) is 5.93. The molecule has 0 unspecified atom stereocenters. The number of carboxylic acid groups (broad SMARTS) is 1. The normalized spacial score (nSPS) is 20.9. The van der Waals surface area contributed by atoms with Gasteiger partial charge in [0.15, 0.2) is 0 Å². The van der Waals surface area contributed by atoms with E-state index in [4.69, 9.17) is 5.73 Å². The van der Waals surface area contributed by atoms with E-state index in [0.29, 0.717) is 11.3 Å². The predicted octanol–water partition coefficient (Wildman–Crippen LogP) is 2.03. The van der Waals surface area contributed by atoms with Gasteiger partial charge in [0.05, 0.1) is 11.3 Å². The molecule has 1 aliphatic heterocycles. The fourth-order valence-corrected chi connectivity index (χ4v) is 3.59. The molecule has 0 radical (unpaired) electrons. The molecule has 2 aliphatic rings. The molecular formula is C16H23N3O2. The van der Waals surface area contributed by atoms with E-state index in [0.717, 1.165) is 37.9 Å². The number of anilines is 2. The van der Waals surface area contributed by atoms with Crippen molar-refractivity contribution in [2.24, 2.45) is 0 Å². The van der Waals surface area contributed by atoms with Gasteiger partial charge in [0.2, 0.25) is 0 Å². The topological polar surface area (TPSA) is 69.8 Å². The lowest BCUT2D eigenvalue weighted by Gasteiger charge is -2.39. The van der Waals surface area contributed by atoms with Gasteiger partial charge in [-0.3, -0.25) is 4.90 Å². The summed E-state index contributed by atoms with van der Waals surface area (Å²) >= 11 is 0. The summed E-state index contributed by atoms with van der Waals surface area (Å²) in [6.45, 7) is 3.78. The van der Waals surface area contributed by atoms with Crippen LogP contribution in [-0.2, 0) is 0 Å². The molecule has 1 aromatic carbocycles. The van der Waals surface area contributed by atoms with Crippen molar-refractivity contribution in [1.29, 1.82) is 0 Å². The first-order valence-electron chi connectivity index (χ1n) is 7.77. The van der Waals surface area contributed by atoms with Gasteiger partial charge in [0.1, 0.15) is 0 Å². The largest absolute Gasteiger partial charge is 0.478 e. The highest BCUT2D eigenvalue weighted by Crippen LogP contribution is 2.28. The standard InChI is InChI=1S/C16H23N3O2/c17-12-5-6-14(16(20)21)15(11-12)19-9-7-18(8-10-19)13-3-1-2-4-13/h5-6,11,13H,1-4,7-10,17H2,(H,20,21). The molecule has 5 nitrogen and oxygen atoms in total. The van der Waals surface area contributed by atoms with E-state index in [-0.39, 0.29) is 0 Å². The summed E-state index contributed by atoms with van der Waals surface area (Å²) in [5.41, 5.74) is 7.55. The van der Waals surface area contributed by atoms with Crippen LogP contribution in [0.4, 0.5) is 11.4 Å². The van der Waals surface area contributed by atoms with Gasteiger partial charge in [0.25, 0.3) is 0 Å². The Bertz CT molecular complexity index is 518. The quantitative estimate of drug-likeness (QED) is 0.833. The first-order valence-corrected chi connectivity index (χ1v) is 7.77. The number of nitrogen functional groups attached to an aromatic ring is 1. The molecule has 0 atom stereocenters. The number of benzene rings is 1. The molecule has 1 heterocycles. The average Bonchev–Trinajstić information content (AvgIpc) is 3.01. The van der Waals surface area contributed by atoms with Crippen molar-refractivity contribution in [3.8, 4) is 0 Å². The minimum Gasteiger partial charge on any atom is -0.478 e. The number of carbonyl (C=O) groups is 1. The Balaban J connectivity index is 1.71. The van der Waals surface area contributed by atoms with E-state index < -0.39 is 5.97 Å². The Morgan fingerprint density at radius 2 is 1.81 bits per heavy atom. The van der Waals surface area contributed by atoms with Crippen LogP contribution in [0.5, 0.6) is 0 Å². The van der Waals surface area contributed by atoms with Crippen LogP contribution < -0.4 is 10.6 Å². The van der Waals surface area contributed by atoms with Crippen LogP contribution >= 0.6 is 0 Å². The third-order valence-corrected chi connectivity index (χ3v) is 4.75. The van der Waals surface area contributed by atoms with Gasteiger partial charge in [-0.1, -0.05) is 12.8 Å². The molecule has 1 saturated heterocycles. The molecule has 1 aromatic rings. The number of carboxylic acids is 1. The number of piperazine rings is 1. The minimum absolute atomic E-state index is 0.346. The first-order chi connectivity index (χ1) is 10.1. The minimum atomic E-state index is -0.886. The monoisotopic (exact) mass is 289 g/mol. The summed E-state index contributed by atoms with van der Waals surface area (Å²) in [6.07, 6.45) is 5.34. The van der Waals surface area contributed by atoms with E-state index in [1.165, 1.54) is 25.7 Å². The lowest BCUT2D eigenvalue weighted by atomic mass is 10.1. The van der Waals surface area contributed by atoms with Crippen LogP contribution in [0.2, 0.25) is 0 Å². The number of nitrogens with two attached hydrogens (primary N) is 1. The van der Waals surface area contributed by atoms with E-state index in [1.54, 1.807) is 18.2 Å². The van der Waals surface area contributed by atoms with Crippen molar-refractivity contribution in [3.63, 3.8) is 0 Å². The maximum atomic E-state index is 11.4. The summed E-state index contributed by atoms with van der Waals surface area (Å²) in [7, 11) is 0. The zero-order valence-electron chi connectivity index (χ0n) is 12.3. The Kier molecular flexibility index (Phi) is 4.01. The Labute approximate surface area is 125 Å². The van der Waals surface area contributed by atoms with Crippen LogP contribution in [0.25, 0.3) is 0 Å². The molecule has 3 rings (SSSR count). The van der Waals surface area contributed by atoms with Crippen LogP contribution in [-0.4, -0.2) is 48.2 Å². The molecule has 0 spiro atoms. The van der Waals surface area contributed by atoms with Gasteiger partial charge in [-0.05, 0) is 31.0 Å². The SMILES string of the molecule is Nc1ccc(C(=O)O)c(N2CCN(C3CCCC3)CC2)c1. The number of rotatable bonds is 3. The van der Waals surface area contributed by atoms with Crippen molar-refractivity contribution in [2.45, 2.75) is 31.7 Å². The average molecular weight is 289 g/mol. The van der Waals surface area contributed by atoms with Gasteiger partial charge >= 0.3 is 5.97 Å². The summed E-state index contributed by atoms with van der Waals surface area (Å²) < 4.78 is 0. The van der Waals surface area contributed by atoms with E-state index in [9.17, 15) is 9.90 Å². The molecule has 0 aromatic heterocycles. The Morgan fingerprint density at radius 1 is 1.14 bits per heavy atom. The van der Waals surface area contributed by atoms with Gasteiger partial charge < -0.3 is 15.7 Å². The predicted molar refractivity (Wildman–Crippen MR) is 83.9 cm³/mol. The molecule has 114 valence electrons. The fourth-order valence-electron chi connectivity index (χ4n) is 3.59. The summed E-state index contributed by atoms with van der Waals surface area (Å²) in [6, 6.07) is 5.79. The fraction of sp³-hybridized carbons (Fsp3) is 0.562. The van der Waals surface area contributed by atoms with Gasteiger partial charge in [-0.25, -0.2) is 4.79 Å². The number of hydrogen-bond acceptors (Lipinski definition) is 4. The van der Waals surface area contributed by atoms with Crippen molar-refractivity contribution < 1.29 is 9.90 Å². The lowest BCUT2D eigenvalue weighted by molar-refractivity contribution is 0.0697. The van der Waals surface area contributed by atoms with Gasteiger partial charge in [0, 0.05) is 37.9 Å². The van der Waals surface area contributed by atoms with Crippen LogP contribution in [0, 0.1) is 0 Å². The molecule has 0 amide bonds.